The van der Waals surface area contributed by atoms with E-state index in [1.165, 1.54) is 32.1 Å². The highest BCUT2D eigenvalue weighted by Crippen LogP contribution is 2.30. The highest BCUT2D eigenvalue weighted by molar-refractivity contribution is 4.86. The van der Waals surface area contributed by atoms with Crippen molar-refractivity contribution in [3.63, 3.8) is 0 Å². The number of hydrogen-bond acceptors (Lipinski definition) is 2. The van der Waals surface area contributed by atoms with Gasteiger partial charge in [0.25, 0.3) is 0 Å². The molecule has 17 heavy (non-hydrogen) atoms. The van der Waals surface area contributed by atoms with Crippen molar-refractivity contribution in [3.05, 3.63) is 0 Å². The average Bonchev–Trinajstić information content (AvgIpc) is 2.37. The fourth-order valence-electron chi connectivity index (χ4n) is 2.87. The van der Waals surface area contributed by atoms with Crippen LogP contribution in [0.5, 0.6) is 0 Å². The molecule has 0 aliphatic heterocycles. The molecule has 0 aromatic rings. The molecule has 0 saturated heterocycles. The van der Waals surface area contributed by atoms with Crippen LogP contribution < -0.4 is 5.73 Å². The molecular weight excluding hydrogens is 210 g/mol. The largest absolute Gasteiger partial charge is 0.377 e. The van der Waals surface area contributed by atoms with Gasteiger partial charge >= 0.3 is 0 Å². The summed E-state index contributed by atoms with van der Waals surface area (Å²) in [5.41, 5.74) is 6.28. The number of terminal acetylenes is 1. The zero-order valence-electron chi connectivity index (χ0n) is 11.2. The quantitative estimate of drug-likeness (QED) is 0.545. The van der Waals surface area contributed by atoms with Gasteiger partial charge in [-0.25, -0.2) is 0 Å². The van der Waals surface area contributed by atoms with Gasteiger partial charge in [-0.15, -0.1) is 12.3 Å². The van der Waals surface area contributed by atoms with Crippen LogP contribution in [-0.4, -0.2) is 18.8 Å². The fourth-order valence-corrected chi connectivity index (χ4v) is 2.87. The van der Waals surface area contributed by atoms with Crippen molar-refractivity contribution in [2.45, 2.75) is 70.4 Å². The van der Waals surface area contributed by atoms with E-state index in [4.69, 9.17) is 16.9 Å². The molecule has 2 heteroatoms. The maximum Gasteiger partial charge on any atom is 0.0753 e. The van der Waals surface area contributed by atoms with Gasteiger partial charge in [-0.2, -0.15) is 0 Å². The van der Waals surface area contributed by atoms with Gasteiger partial charge in [0.1, 0.15) is 0 Å². The first kappa shape index (κ1) is 14.5. The van der Waals surface area contributed by atoms with E-state index in [1.807, 2.05) is 0 Å². The average molecular weight is 237 g/mol. The van der Waals surface area contributed by atoms with Crippen molar-refractivity contribution in [2.24, 2.45) is 11.7 Å². The summed E-state index contributed by atoms with van der Waals surface area (Å²) in [5.74, 6) is 3.35. The number of nitrogens with two attached hydrogens (primary N) is 1. The molecule has 98 valence electrons. The molecule has 0 heterocycles. The van der Waals surface area contributed by atoms with Crippen LogP contribution in [-0.2, 0) is 4.74 Å². The topological polar surface area (TPSA) is 35.2 Å². The first-order valence-corrected chi connectivity index (χ1v) is 7.10. The summed E-state index contributed by atoms with van der Waals surface area (Å²) < 4.78 is 5.90. The standard InChI is InChI=1S/C15H27NO/c1-3-5-7-12-14(16)15(17-4-2)13-10-8-6-9-11-13/h1,13-15H,4-12,16H2,2H3. The number of hydrogen-bond donors (Lipinski definition) is 1. The second-order valence-electron chi connectivity index (χ2n) is 5.08. The van der Waals surface area contributed by atoms with E-state index in [2.05, 4.69) is 12.8 Å². The van der Waals surface area contributed by atoms with Gasteiger partial charge in [0.2, 0.25) is 0 Å². The van der Waals surface area contributed by atoms with Crippen LogP contribution in [0, 0.1) is 18.3 Å². The van der Waals surface area contributed by atoms with Crippen LogP contribution in [0.1, 0.15) is 58.3 Å². The van der Waals surface area contributed by atoms with Gasteiger partial charge in [-0.05, 0) is 38.5 Å². The van der Waals surface area contributed by atoms with Crippen LogP contribution in [0.2, 0.25) is 0 Å². The van der Waals surface area contributed by atoms with E-state index in [9.17, 15) is 0 Å². The Bertz CT molecular complexity index is 228. The fraction of sp³-hybridized carbons (Fsp3) is 0.867. The smallest absolute Gasteiger partial charge is 0.0753 e. The second-order valence-corrected chi connectivity index (χ2v) is 5.08. The lowest BCUT2D eigenvalue weighted by atomic mass is 9.81. The predicted octanol–water partition coefficient (Wildman–Crippen LogP) is 3.10. The summed E-state index contributed by atoms with van der Waals surface area (Å²) >= 11 is 0. The Balaban J connectivity index is 2.42. The Morgan fingerprint density at radius 3 is 2.65 bits per heavy atom. The normalized spacial score (nSPS) is 20.8. The molecule has 0 spiro atoms. The molecule has 2 N–H and O–H groups in total. The molecule has 1 saturated carbocycles. The Morgan fingerprint density at radius 2 is 2.06 bits per heavy atom. The zero-order chi connectivity index (χ0) is 12.5. The van der Waals surface area contributed by atoms with Gasteiger partial charge in [0, 0.05) is 19.1 Å². The van der Waals surface area contributed by atoms with Gasteiger partial charge in [0.15, 0.2) is 0 Å². The molecule has 1 fully saturated rings. The molecule has 0 amide bonds. The van der Waals surface area contributed by atoms with Crippen LogP contribution in [0.15, 0.2) is 0 Å². The van der Waals surface area contributed by atoms with Crippen molar-refractivity contribution < 1.29 is 4.74 Å². The highest BCUT2D eigenvalue weighted by atomic mass is 16.5. The van der Waals surface area contributed by atoms with Gasteiger partial charge in [-0.3, -0.25) is 0 Å². The molecule has 2 nitrogen and oxygen atoms in total. The highest BCUT2D eigenvalue weighted by Gasteiger charge is 2.28. The van der Waals surface area contributed by atoms with Crippen molar-refractivity contribution in [2.75, 3.05) is 6.61 Å². The van der Waals surface area contributed by atoms with Crippen molar-refractivity contribution in [3.8, 4) is 12.3 Å². The lowest BCUT2D eigenvalue weighted by molar-refractivity contribution is -0.0111. The molecule has 2 atom stereocenters. The Morgan fingerprint density at radius 1 is 1.35 bits per heavy atom. The summed E-state index contributed by atoms with van der Waals surface area (Å²) in [7, 11) is 0. The summed E-state index contributed by atoms with van der Waals surface area (Å²) in [4.78, 5) is 0. The summed E-state index contributed by atoms with van der Waals surface area (Å²) in [6.07, 6.45) is 15.0. The first-order valence-electron chi connectivity index (χ1n) is 7.10. The molecule has 1 aliphatic carbocycles. The SMILES string of the molecule is C#CCCCC(N)C(OCC)C1CCCCC1. The van der Waals surface area contributed by atoms with E-state index in [1.54, 1.807) is 0 Å². The lowest BCUT2D eigenvalue weighted by Crippen LogP contribution is -2.42. The molecule has 0 aromatic heterocycles. The number of rotatable bonds is 7. The Hall–Kier alpha value is -0.520. The van der Waals surface area contributed by atoms with Crippen molar-refractivity contribution in [1.82, 2.24) is 0 Å². The minimum atomic E-state index is 0.159. The maximum atomic E-state index is 6.28. The zero-order valence-corrected chi connectivity index (χ0v) is 11.2. The molecule has 0 aromatic carbocycles. The van der Waals surface area contributed by atoms with E-state index >= 15 is 0 Å². The van der Waals surface area contributed by atoms with Gasteiger partial charge in [-0.1, -0.05) is 19.3 Å². The van der Waals surface area contributed by atoms with Crippen LogP contribution >= 0.6 is 0 Å². The monoisotopic (exact) mass is 237 g/mol. The molecule has 0 bridgehead atoms. The maximum absolute atomic E-state index is 6.28. The minimum absolute atomic E-state index is 0.159. The Labute approximate surface area is 106 Å². The number of unbranched alkanes of at least 4 members (excludes halogenated alkanes) is 1. The van der Waals surface area contributed by atoms with E-state index < -0.39 is 0 Å². The van der Waals surface area contributed by atoms with Crippen LogP contribution in [0.25, 0.3) is 0 Å². The van der Waals surface area contributed by atoms with Crippen LogP contribution in [0.3, 0.4) is 0 Å². The summed E-state index contributed by atoms with van der Waals surface area (Å²) in [6, 6.07) is 0.159. The predicted molar refractivity (Wildman–Crippen MR) is 72.6 cm³/mol. The minimum Gasteiger partial charge on any atom is -0.377 e. The molecule has 1 rings (SSSR count). The third-order valence-corrected chi connectivity index (χ3v) is 3.75. The van der Waals surface area contributed by atoms with Crippen LogP contribution in [0.4, 0.5) is 0 Å². The van der Waals surface area contributed by atoms with Gasteiger partial charge < -0.3 is 10.5 Å². The third-order valence-electron chi connectivity index (χ3n) is 3.75. The second kappa shape index (κ2) is 8.55. The third kappa shape index (κ3) is 5.10. The summed E-state index contributed by atoms with van der Waals surface area (Å²) in [5, 5.41) is 0. The molecular formula is C15H27NO. The van der Waals surface area contributed by atoms with Crippen molar-refractivity contribution in [1.29, 1.82) is 0 Å². The van der Waals surface area contributed by atoms with Crippen molar-refractivity contribution >= 4 is 0 Å². The van der Waals surface area contributed by atoms with E-state index in [-0.39, 0.29) is 12.1 Å². The lowest BCUT2D eigenvalue weighted by Gasteiger charge is -2.34. The van der Waals surface area contributed by atoms with E-state index in [0.29, 0.717) is 5.92 Å². The first-order chi connectivity index (χ1) is 8.29. The van der Waals surface area contributed by atoms with E-state index in [0.717, 1.165) is 25.9 Å². The van der Waals surface area contributed by atoms with Gasteiger partial charge in [0.05, 0.1) is 6.10 Å². The molecule has 1 aliphatic rings. The molecule has 2 unspecified atom stereocenters. The Kier molecular flexibility index (Phi) is 7.32. The number of ether oxygens (including phenoxy) is 1. The molecule has 0 radical (unpaired) electrons. The summed E-state index contributed by atoms with van der Waals surface area (Å²) in [6.45, 7) is 2.83.